The van der Waals surface area contributed by atoms with Crippen molar-refractivity contribution in [2.45, 2.75) is 50.8 Å². The maximum Gasteiger partial charge on any atom is 0.0976 e. The Morgan fingerprint density at radius 2 is 1.90 bits per heavy atom. The summed E-state index contributed by atoms with van der Waals surface area (Å²) in [5.74, 6) is 0. The second kappa shape index (κ2) is 5.49. The highest BCUT2D eigenvalue weighted by molar-refractivity contribution is 7.84. The van der Waals surface area contributed by atoms with Crippen LogP contribution < -0.4 is 10.0 Å². The highest BCUT2D eigenvalue weighted by Gasteiger charge is 2.47. The number of hydrogen-bond acceptors (Lipinski definition) is 2. The van der Waals surface area contributed by atoms with Crippen molar-refractivity contribution < 1.29 is 4.21 Å². The Morgan fingerprint density at radius 1 is 1.24 bits per heavy atom. The second-order valence-corrected chi connectivity index (χ2v) is 9.42. The molecule has 3 nitrogen and oxygen atoms in total. The molecule has 0 radical (unpaired) electrons. The van der Waals surface area contributed by atoms with Crippen LogP contribution in [-0.2, 0) is 17.4 Å². The summed E-state index contributed by atoms with van der Waals surface area (Å²) in [6.07, 6.45) is 3.42. The minimum atomic E-state index is -1.03. The van der Waals surface area contributed by atoms with Gasteiger partial charge < -0.3 is 5.32 Å². The van der Waals surface area contributed by atoms with Gasteiger partial charge in [0.25, 0.3) is 0 Å². The van der Waals surface area contributed by atoms with Crippen molar-refractivity contribution in [1.82, 2.24) is 10.0 Å². The monoisotopic (exact) mass is 306 g/mol. The molecule has 1 fully saturated rings. The van der Waals surface area contributed by atoms with Crippen LogP contribution >= 0.6 is 0 Å². The molecular weight excluding hydrogens is 280 g/mol. The molecule has 1 aromatic carbocycles. The first-order valence-electron chi connectivity index (χ1n) is 7.89. The number of benzene rings is 1. The van der Waals surface area contributed by atoms with Crippen LogP contribution in [-0.4, -0.2) is 22.0 Å². The van der Waals surface area contributed by atoms with Gasteiger partial charge in [0, 0.05) is 0 Å². The van der Waals surface area contributed by atoms with Gasteiger partial charge in [0.2, 0.25) is 0 Å². The lowest BCUT2D eigenvalue weighted by molar-refractivity contribution is 0.165. The van der Waals surface area contributed by atoms with E-state index in [-0.39, 0.29) is 16.2 Å². The molecule has 0 saturated carbocycles. The summed E-state index contributed by atoms with van der Waals surface area (Å²) in [5, 5.41) is 3.46. The topological polar surface area (TPSA) is 41.1 Å². The molecular formula is C17H26N2OS. The maximum absolute atomic E-state index is 12.6. The van der Waals surface area contributed by atoms with E-state index in [4.69, 9.17) is 0 Å². The zero-order valence-corrected chi connectivity index (χ0v) is 14.1. The largest absolute Gasteiger partial charge is 0.317 e. The predicted octanol–water partition coefficient (Wildman–Crippen LogP) is 2.71. The summed E-state index contributed by atoms with van der Waals surface area (Å²) in [5.41, 5.74) is 3.02. The number of piperidine rings is 1. The van der Waals surface area contributed by atoms with Crippen LogP contribution in [0, 0.1) is 5.41 Å². The standard InChI is InChI=1S/C17H26N2OS/c1-16(2,3)21(20)19-15-14-7-5-4-6-13(14)12-17(15)8-10-18-11-9-17/h4-7,15,18-19H,8-12H2,1-3H3/t15-,21+/m0/s1. The van der Waals surface area contributed by atoms with Gasteiger partial charge in [0.15, 0.2) is 0 Å². The van der Waals surface area contributed by atoms with Gasteiger partial charge >= 0.3 is 0 Å². The Hall–Kier alpha value is -0.710. The molecule has 0 bridgehead atoms. The van der Waals surface area contributed by atoms with Crippen LogP contribution in [0.3, 0.4) is 0 Å². The van der Waals surface area contributed by atoms with Crippen LogP contribution in [0.25, 0.3) is 0 Å². The first-order valence-corrected chi connectivity index (χ1v) is 9.04. The van der Waals surface area contributed by atoms with Crippen molar-refractivity contribution in [3.05, 3.63) is 35.4 Å². The van der Waals surface area contributed by atoms with Crippen molar-refractivity contribution >= 4 is 11.0 Å². The van der Waals surface area contributed by atoms with E-state index in [9.17, 15) is 4.21 Å². The molecule has 1 aliphatic carbocycles. The molecule has 1 spiro atoms. The molecule has 1 heterocycles. The third-order valence-electron chi connectivity index (χ3n) is 4.90. The lowest BCUT2D eigenvalue weighted by atomic mass is 9.73. The van der Waals surface area contributed by atoms with Crippen LogP contribution in [0.15, 0.2) is 24.3 Å². The summed E-state index contributed by atoms with van der Waals surface area (Å²) in [7, 11) is -1.03. The van der Waals surface area contributed by atoms with Crippen LogP contribution in [0.1, 0.15) is 50.8 Å². The summed E-state index contributed by atoms with van der Waals surface area (Å²) in [6.45, 7) is 8.23. The Morgan fingerprint density at radius 3 is 2.57 bits per heavy atom. The summed E-state index contributed by atoms with van der Waals surface area (Å²) in [4.78, 5) is 0. The zero-order chi connectivity index (χ0) is 15.1. The molecule has 1 saturated heterocycles. The van der Waals surface area contributed by atoms with Gasteiger partial charge in [0.05, 0.1) is 21.8 Å². The molecule has 3 rings (SSSR count). The Labute approximate surface area is 130 Å². The zero-order valence-electron chi connectivity index (χ0n) is 13.2. The van der Waals surface area contributed by atoms with E-state index < -0.39 is 11.0 Å². The molecule has 2 aliphatic rings. The summed E-state index contributed by atoms with van der Waals surface area (Å²) >= 11 is 0. The van der Waals surface area contributed by atoms with Crippen molar-refractivity contribution in [2.75, 3.05) is 13.1 Å². The molecule has 1 aliphatic heterocycles. The van der Waals surface area contributed by atoms with Gasteiger partial charge in [-0.3, -0.25) is 0 Å². The molecule has 2 atom stereocenters. The SMILES string of the molecule is CC(C)(C)[S@@](=O)N[C@H]1c2ccccc2CC12CCNCC2. The fraction of sp³-hybridized carbons (Fsp3) is 0.647. The molecule has 0 unspecified atom stereocenters. The third-order valence-corrected chi connectivity index (χ3v) is 6.46. The number of nitrogens with one attached hydrogen (secondary N) is 2. The van der Waals surface area contributed by atoms with E-state index in [0.717, 1.165) is 32.4 Å². The first-order chi connectivity index (χ1) is 9.92. The van der Waals surface area contributed by atoms with Gasteiger partial charge in [-0.2, -0.15) is 0 Å². The van der Waals surface area contributed by atoms with Gasteiger partial charge in [-0.15, -0.1) is 0 Å². The van der Waals surface area contributed by atoms with E-state index in [1.165, 1.54) is 11.1 Å². The predicted molar refractivity (Wildman–Crippen MR) is 88.5 cm³/mol. The third kappa shape index (κ3) is 2.81. The second-order valence-electron chi connectivity index (χ2n) is 7.42. The van der Waals surface area contributed by atoms with E-state index in [2.05, 4.69) is 34.3 Å². The Balaban J connectivity index is 1.94. The minimum absolute atomic E-state index is 0.218. The van der Waals surface area contributed by atoms with E-state index >= 15 is 0 Å². The average molecular weight is 306 g/mol. The van der Waals surface area contributed by atoms with Gasteiger partial charge in [0.1, 0.15) is 0 Å². The quantitative estimate of drug-likeness (QED) is 0.882. The summed E-state index contributed by atoms with van der Waals surface area (Å²) in [6, 6.07) is 8.89. The van der Waals surface area contributed by atoms with Crippen molar-refractivity contribution in [2.24, 2.45) is 5.41 Å². The van der Waals surface area contributed by atoms with Crippen LogP contribution in [0.2, 0.25) is 0 Å². The molecule has 0 aromatic heterocycles. The van der Waals surface area contributed by atoms with Crippen LogP contribution in [0.5, 0.6) is 0 Å². The Kier molecular flexibility index (Phi) is 3.97. The molecule has 2 N–H and O–H groups in total. The molecule has 4 heteroatoms. The number of rotatable bonds is 2. The van der Waals surface area contributed by atoms with Gasteiger partial charge in [-0.05, 0) is 69.7 Å². The number of fused-ring (bicyclic) bond motifs is 1. The summed E-state index contributed by atoms with van der Waals surface area (Å²) < 4.78 is 15.9. The molecule has 21 heavy (non-hydrogen) atoms. The average Bonchev–Trinajstić information content (AvgIpc) is 2.72. The molecule has 1 aromatic rings. The first kappa shape index (κ1) is 15.2. The van der Waals surface area contributed by atoms with E-state index in [1.807, 2.05) is 20.8 Å². The van der Waals surface area contributed by atoms with E-state index in [0.29, 0.717) is 0 Å². The lowest BCUT2D eigenvalue weighted by Gasteiger charge is -2.40. The highest BCUT2D eigenvalue weighted by Crippen LogP contribution is 2.51. The minimum Gasteiger partial charge on any atom is -0.317 e. The van der Waals surface area contributed by atoms with Gasteiger partial charge in [-0.1, -0.05) is 24.3 Å². The van der Waals surface area contributed by atoms with Crippen molar-refractivity contribution in [3.63, 3.8) is 0 Å². The smallest absolute Gasteiger partial charge is 0.0976 e. The Bertz CT molecular complexity index is 544. The molecule has 116 valence electrons. The van der Waals surface area contributed by atoms with Crippen molar-refractivity contribution in [1.29, 1.82) is 0 Å². The highest BCUT2D eigenvalue weighted by atomic mass is 32.2. The fourth-order valence-electron chi connectivity index (χ4n) is 3.65. The van der Waals surface area contributed by atoms with Crippen LogP contribution in [0.4, 0.5) is 0 Å². The lowest BCUT2D eigenvalue weighted by Crippen LogP contribution is -2.46. The normalized spacial score (nSPS) is 25.8. The van der Waals surface area contributed by atoms with Crippen molar-refractivity contribution in [3.8, 4) is 0 Å². The fourth-order valence-corrected chi connectivity index (χ4v) is 4.60. The maximum atomic E-state index is 12.6. The van der Waals surface area contributed by atoms with E-state index in [1.54, 1.807) is 0 Å². The van der Waals surface area contributed by atoms with Gasteiger partial charge in [-0.25, -0.2) is 8.93 Å². The molecule has 0 amide bonds. The number of hydrogen-bond donors (Lipinski definition) is 2.